The van der Waals surface area contributed by atoms with Crippen molar-refractivity contribution in [3.05, 3.63) is 35.9 Å². The predicted molar refractivity (Wildman–Crippen MR) is 102 cm³/mol. The molecule has 0 aliphatic rings. The first-order valence-electron chi connectivity index (χ1n) is 9.13. The molecule has 0 saturated carbocycles. The van der Waals surface area contributed by atoms with Gasteiger partial charge < -0.3 is 24.3 Å². The number of rotatable bonds is 10. The molecule has 1 N–H and O–H groups in total. The van der Waals surface area contributed by atoms with Crippen molar-refractivity contribution in [2.75, 3.05) is 19.8 Å². The molecule has 1 amide bonds. The maximum absolute atomic E-state index is 11.6. The first-order chi connectivity index (χ1) is 13.7. The highest BCUT2D eigenvalue weighted by Crippen LogP contribution is 2.06. The van der Waals surface area contributed by atoms with Gasteiger partial charge in [-0.3, -0.25) is 9.59 Å². The number of hydrogen-bond donors (Lipinski definition) is 1. The molecule has 29 heavy (non-hydrogen) atoms. The third kappa shape index (κ3) is 12.8. The molecule has 1 rings (SSSR count). The Labute approximate surface area is 169 Å². The van der Waals surface area contributed by atoms with Crippen LogP contribution in [0.3, 0.4) is 0 Å². The van der Waals surface area contributed by atoms with E-state index in [-0.39, 0.29) is 26.1 Å². The van der Waals surface area contributed by atoms with Gasteiger partial charge in [-0.05, 0) is 32.8 Å². The van der Waals surface area contributed by atoms with E-state index in [1.807, 2.05) is 30.3 Å². The lowest BCUT2D eigenvalue weighted by molar-refractivity contribution is -0.158. The molecule has 0 radical (unpaired) electrons. The van der Waals surface area contributed by atoms with Gasteiger partial charge in [-0.2, -0.15) is 0 Å². The van der Waals surface area contributed by atoms with Gasteiger partial charge >= 0.3 is 24.0 Å². The lowest BCUT2D eigenvalue weighted by Gasteiger charge is -2.19. The van der Waals surface area contributed by atoms with Gasteiger partial charge in [0.15, 0.2) is 6.61 Å². The van der Waals surface area contributed by atoms with Crippen molar-refractivity contribution < 1.29 is 38.1 Å². The second-order valence-electron chi connectivity index (χ2n) is 6.99. The fourth-order valence-corrected chi connectivity index (χ4v) is 1.90. The van der Waals surface area contributed by atoms with Gasteiger partial charge in [-0.25, -0.2) is 9.59 Å². The highest BCUT2D eigenvalue weighted by Gasteiger charge is 2.17. The Kier molecular flexibility index (Phi) is 10.2. The molecule has 1 aromatic carbocycles. The molecule has 160 valence electrons. The van der Waals surface area contributed by atoms with Crippen molar-refractivity contribution in [3.63, 3.8) is 0 Å². The number of carbonyl (C=O) groups is 4. The summed E-state index contributed by atoms with van der Waals surface area (Å²) in [6.07, 6.45) is -0.385. The SMILES string of the molecule is CC(C)(C)OC(=O)NCC(=O)OCC(=O)OCCCC(=O)OCc1ccccc1. The summed E-state index contributed by atoms with van der Waals surface area (Å²) in [6, 6.07) is 9.26. The molecule has 1 aromatic rings. The largest absolute Gasteiger partial charge is 0.463 e. The van der Waals surface area contributed by atoms with E-state index in [9.17, 15) is 19.2 Å². The molecule has 9 nitrogen and oxygen atoms in total. The first kappa shape index (κ1) is 23.9. The molecular formula is C20H27NO8. The minimum atomic E-state index is -0.808. The van der Waals surface area contributed by atoms with Crippen molar-refractivity contribution in [3.8, 4) is 0 Å². The fourth-order valence-electron chi connectivity index (χ4n) is 1.90. The average molecular weight is 409 g/mol. The van der Waals surface area contributed by atoms with Crippen LogP contribution in [0.25, 0.3) is 0 Å². The predicted octanol–water partition coefficient (Wildman–Crippen LogP) is 2.12. The normalized spacial score (nSPS) is 10.6. The Bertz CT molecular complexity index is 681. The summed E-state index contributed by atoms with van der Waals surface area (Å²) >= 11 is 0. The summed E-state index contributed by atoms with van der Waals surface area (Å²) in [5, 5.41) is 2.21. The first-order valence-corrected chi connectivity index (χ1v) is 9.13. The van der Waals surface area contributed by atoms with Gasteiger partial charge in [0, 0.05) is 6.42 Å². The fraction of sp³-hybridized carbons (Fsp3) is 0.500. The standard InChI is InChI=1S/C20H27NO8/c1-20(2,3)29-19(25)21-12-17(23)28-14-18(24)26-11-7-10-16(22)27-13-15-8-5-4-6-9-15/h4-6,8-9H,7,10-14H2,1-3H3,(H,21,25). The summed E-state index contributed by atoms with van der Waals surface area (Å²) < 4.78 is 19.6. The van der Waals surface area contributed by atoms with Crippen LogP contribution in [-0.2, 0) is 39.9 Å². The summed E-state index contributed by atoms with van der Waals surface area (Å²) in [5.41, 5.74) is 0.196. The van der Waals surface area contributed by atoms with E-state index in [1.54, 1.807) is 20.8 Å². The van der Waals surface area contributed by atoms with Crippen LogP contribution in [0.15, 0.2) is 30.3 Å². The van der Waals surface area contributed by atoms with E-state index in [0.29, 0.717) is 0 Å². The minimum Gasteiger partial charge on any atom is -0.463 e. The zero-order valence-corrected chi connectivity index (χ0v) is 16.9. The number of benzene rings is 1. The molecule has 0 saturated heterocycles. The Morgan fingerprint density at radius 1 is 0.897 bits per heavy atom. The van der Waals surface area contributed by atoms with Gasteiger partial charge in [0.2, 0.25) is 0 Å². The number of amides is 1. The molecule has 0 fully saturated rings. The number of esters is 3. The third-order valence-electron chi connectivity index (χ3n) is 3.16. The van der Waals surface area contributed by atoms with Gasteiger partial charge in [0.05, 0.1) is 6.61 Å². The smallest absolute Gasteiger partial charge is 0.408 e. The molecular weight excluding hydrogens is 382 g/mol. The van der Waals surface area contributed by atoms with E-state index in [2.05, 4.69) is 10.1 Å². The van der Waals surface area contributed by atoms with Crippen LogP contribution in [0.5, 0.6) is 0 Å². The molecule has 0 aliphatic carbocycles. The van der Waals surface area contributed by atoms with Crippen molar-refractivity contribution in [1.29, 1.82) is 0 Å². The maximum atomic E-state index is 11.6. The van der Waals surface area contributed by atoms with Gasteiger partial charge in [-0.15, -0.1) is 0 Å². The quantitative estimate of drug-likeness (QED) is 0.355. The van der Waals surface area contributed by atoms with Crippen molar-refractivity contribution in [1.82, 2.24) is 5.32 Å². The van der Waals surface area contributed by atoms with Crippen molar-refractivity contribution >= 4 is 24.0 Å². The number of hydrogen-bond acceptors (Lipinski definition) is 8. The van der Waals surface area contributed by atoms with E-state index in [1.165, 1.54) is 0 Å². The average Bonchev–Trinajstić information content (AvgIpc) is 2.66. The highest BCUT2D eigenvalue weighted by atomic mass is 16.6. The van der Waals surface area contributed by atoms with Crippen LogP contribution < -0.4 is 5.32 Å². The van der Waals surface area contributed by atoms with E-state index >= 15 is 0 Å². The van der Waals surface area contributed by atoms with E-state index in [4.69, 9.17) is 14.2 Å². The molecule has 0 aromatic heterocycles. The third-order valence-corrected chi connectivity index (χ3v) is 3.16. The molecule has 0 bridgehead atoms. The molecule has 0 heterocycles. The zero-order valence-electron chi connectivity index (χ0n) is 16.9. The van der Waals surface area contributed by atoms with Crippen molar-refractivity contribution in [2.45, 2.75) is 45.8 Å². The van der Waals surface area contributed by atoms with Crippen LogP contribution >= 0.6 is 0 Å². The van der Waals surface area contributed by atoms with E-state index in [0.717, 1.165) is 5.56 Å². The summed E-state index contributed by atoms with van der Waals surface area (Å²) in [7, 11) is 0. The zero-order chi connectivity index (χ0) is 21.7. The van der Waals surface area contributed by atoms with Crippen molar-refractivity contribution in [2.24, 2.45) is 0 Å². The second kappa shape index (κ2) is 12.4. The van der Waals surface area contributed by atoms with Crippen LogP contribution in [0.2, 0.25) is 0 Å². The second-order valence-corrected chi connectivity index (χ2v) is 6.99. The Balaban J connectivity index is 2.06. The lowest BCUT2D eigenvalue weighted by Crippen LogP contribution is -2.36. The molecule has 9 heteroatoms. The van der Waals surface area contributed by atoms with Gasteiger partial charge in [-0.1, -0.05) is 30.3 Å². The Hall–Kier alpha value is -3.10. The summed E-state index contributed by atoms with van der Waals surface area (Å²) in [5.74, 6) is -1.96. The maximum Gasteiger partial charge on any atom is 0.408 e. The lowest BCUT2D eigenvalue weighted by atomic mass is 10.2. The van der Waals surface area contributed by atoms with Crippen LogP contribution in [0.4, 0.5) is 4.79 Å². The number of carbonyl (C=O) groups excluding carboxylic acids is 4. The molecule has 0 spiro atoms. The van der Waals surface area contributed by atoms with Gasteiger partial charge in [0.1, 0.15) is 18.8 Å². The molecule has 0 unspecified atom stereocenters. The van der Waals surface area contributed by atoms with Crippen LogP contribution in [-0.4, -0.2) is 49.4 Å². The number of nitrogens with one attached hydrogen (secondary N) is 1. The molecule has 0 atom stereocenters. The summed E-state index contributed by atoms with van der Waals surface area (Å²) in [4.78, 5) is 46.0. The monoisotopic (exact) mass is 409 g/mol. The minimum absolute atomic E-state index is 0.00696. The van der Waals surface area contributed by atoms with Crippen LogP contribution in [0.1, 0.15) is 39.2 Å². The number of alkyl carbamates (subject to hydrolysis) is 1. The summed E-state index contributed by atoms with van der Waals surface area (Å²) in [6.45, 7) is 4.21. The Morgan fingerprint density at radius 3 is 2.24 bits per heavy atom. The topological polar surface area (TPSA) is 117 Å². The van der Waals surface area contributed by atoms with Crippen LogP contribution in [0, 0.1) is 0 Å². The highest BCUT2D eigenvalue weighted by molar-refractivity contribution is 5.80. The number of ether oxygens (including phenoxy) is 4. The Morgan fingerprint density at radius 2 is 1.59 bits per heavy atom. The molecule has 0 aliphatic heterocycles. The van der Waals surface area contributed by atoms with E-state index < -0.39 is 42.8 Å². The van der Waals surface area contributed by atoms with Gasteiger partial charge in [0.25, 0.3) is 0 Å².